The Labute approximate surface area is 109 Å². The van der Waals surface area contributed by atoms with Crippen LogP contribution in [0.15, 0.2) is 43.1 Å². The third-order valence-corrected chi connectivity index (χ3v) is 2.73. The normalized spacial score (nSPS) is 10.3. The van der Waals surface area contributed by atoms with Crippen LogP contribution < -0.4 is 5.32 Å². The molecular weight excluding hydrogens is 246 g/mol. The number of nitrogens with one attached hydrogen (secondary N) is 1. The number of carbonyl (C=O) groups excluding carboxylic acids is 1. The van der Waals surface area contributed by atoms with Gasteiger partial charge in [-0.3, -0.25) is 14.9 Å². The molecule has 0 bridgehead atoms. The number of hydrogen-bond donors (Lipinski definition) is 1. The van der Waals surface area contributed by atoms with Crippen molar-refractivity contribution in [3.05, 3.63) is 53.2 Å². The van der Waals surface area contributed by atoms with Gasteiger partial charge in [0, 0.05) is 30.3 Å². The second kappa shape index (κ2) is 5.34. The summed E-state index contributed by atoms with van der Waals surface area (Å²) >= 11 is 0. The van der Waals surface area contributed by atoms with Crippen molar-refractivity contribution in [3.8, 4) is 0 Å². The number of rotatable bonds is 5. The monoisotopic (exact) mass is 259 g/mol. The highest BCUT2D eigenvalue weighted by molar-refractivity contribution is 5.85. The fraction of sp³-hybridized carbons (Fsp3) is 0.154. The van der Waals surface area contributed by atoms with Crippen LogP contribution in [-0.2, 0) is 11.3 Å². The number of nitro benzene ring substituents is 1. The third kappa shape index (κ3) is 2.79. The Hall–Kier alpha value is -2.63. The van der Waals surface area contributed by atoms with E-state index in [0.717, 1.165) is 5.39 Å². The Morgan fingerprint density at radius 2 is 2.26 bits per heavy atom. The molecule has 0 aliphatic heterocycles. The lowest BCUT2D eigenvalue weighted by molar-refractivity contribution is -0.384. The number of carbonyl (C=O) groups is 1. The molecule has 0 aliphatic rings. The lowest BCUT2D eigenvalue weighted by Crippen LogP contribution is -2.27. The van der Waals surface area contributed by atoms with Gasteiger partial charge in [-0.2, -0.15) is 0 Å². The van der Waals surface area contributed by atoms with Crippen molar-refractivity contribution in [2.45, 2.75) is 6.54 Å². The lowest BCUT2D eigenvalue weighted by Gasteiger charge is -2.05. The molecule has 0 saturated carbocycles. The van der Waals surface area contributed by atoms with Crippen LogP contribution in [0.1, 0.15) is 0 Å². The van der Waals surface area contributed by atoms with Gasteiger partial charge >= 0.3 is 0 Å². The van der Waals surface area contributed by atoms with Gasteiger partial charge in [-0.25, -0.2) is 0 Å². The highest BCUT2D eigenvalue weighted by Gasteiger charge is 2.10. The van der Waals surface area contributed by atoms with E-state index in [1.807, 2.05) is 6.07 Å². The molecule has 0 unspecified atom stereocenters. The van der Waals surface area contributed by atoms with E-state index in [2.05, 4.69) is 11.9 Å². The molecule has 0 spiro atoms. The summed E-state index contributed by atoms with van der Waals surface area (Å²) in [4.78, 5) is 21.9. The van der Waals surface area contributed by atoms with Crippen molar-refractivity contribution in [3.63, 3.8) is 0 Å². The van der Waals surface area contributed by atoms with Gasteiger partial charge < -0.3 is 9.88 Å². The van der Waals surface area contributed by atoms with Gasteiger partial charge in [0.15, 0.2) is 0 Å². The lowest BCUT2D eigenvalue weighted by atomic mass is 10.2. The number of fused-ring (bicyclic) bond motifs is 1. The van der Waals surface area contributed by atoms with Gasteiger partial charge in [0.1, 0.15) is 6.54 Å². The highest BCUT2D eigenvalue weighted by Crippen LogP contribution is 2.21. The molecule has 1 aromatic carbocycles. The summed E-state index contributed by atoms with van der Waals surface area (Å²) in [5, 5.41) is 14.3. The van der Waals surface area contributed by atoms with Crippen molar-refractivity contribution < 1.29 is 9.72 Å². The van der Waals surface area contributed by atoms with E-state index in [0.29, 0.717) is 12.1 Å². The maximum Gasteiger partial charge on any atom is 0.271 e. The van der Waals surface area contributed by atoms with E-state index in [-0.39, 0.29) is 18.1 Å². The fourth-order valence-corrected chi connectivity index (χ4v) is 1.82. The standard InChI is InChI=1S/C13H13N3O3/c1-2-6-14-13(17)9-15-7-5-10-3-4-11(16(18)19)8-12(10)15/h2-5,7-8H,1,6,9H2,(H,14,17). The quantitative estimate of drug-likeness (QED) is 0.505. The minimum atomic E-state index is -0.450. The van der Waals surface area contributed by atoms with Crippen molar-refractivity contribution in [1.29, 1.82) is 0 Å². The van der Waals surface area contributed by atoms with Crippen LogP contribution in [0, 0.1) is 10.1 Å². The second-order valence-electron chi connectivity index (χ2n) is 4.04. The van der Waals surface area contributed by atoms with Crippen LogP contribution in [0.3, 0.4) is 0 Å². The molecule has 0 fully saturated rings. The molecule has 0 aliphatic carbocycles. The largest absolute Gasteiger partial charge is 0.351 e. The van der Waals surface area contributed by atoms with E-state index in [1.165, 1.54) is 12.1 Å². The predicted molar refractivity (Wildman–Crippen MR) is 71.8 cm³/mol. The summed E-state index contributed by atoms with van der Waals surface area (Å²) in [6, 6.07) is 6.41. The number of nitro groups is 1. The van der Waals surface area contributed by atoms with E-state index in [4.69, 9.17) is 0 Å². The Bertz CT molecular complexity index is 646. The first kappa shape index (κ1) is 12.8. The molecule has 1 heterocycles. The molecular formula is C13H13N3O3. The Kier molecular flexibility index (Phi) is 3.61. The zero-order valence-electron chi connectivity index (χ0n) is 10.2. The van der Waals surface area contributed by atoms with E-state index < -0.39 is 4.92 Å². The first-order valence-electron chi connectivity index (χ1n) is 5.72. The van der Waals surface area contributed by atoms with Crippen molar-refractivity contribution in [2.24, 2.45) is 0 Å². The average molecular weight is 259 g/mol. The Balaban J connectivity index is 2.28. The summed E-state index contributed by atoms with van der Waals surface area (Å²) in [6.07, 6.45) is 3.33. The maximum atomic E-state index is 11.6. The number of amides is 1. The summed E-state index contributed by atoms with van der Waals surface area (Å²) in [6.45, 7) is 4.04. The molecule has 1 amide bonds. The SMILES string of the molecule is C=CCNC(=O)Cn1ccc2ccc([N+](=O)[O-])cc21. The summed E-state index contributed by atoms with van der Waals surface area (Å²) in [5.74, 6) is -0.163. The van der Waals surface area contributed by atoms with Crippen molar-refractivity contribution in [2.75, 3.05) is 6.54 Å². The van der Waals surface area contributed by atoms with E-state index in [9.17, 15) is 14.9 Å². The fourth-order valence-electron chi connectivity index (χ4n) is 1.82. The van der Waals surface area contributed by atoms with Crippen LogP contribution >= 0.6 is 0 Å². The first-order valence-corrected chi connectivity index (χ1v) is 5.72. The van der Waals surface area contributed by atoms with E-state index in [1.54, 1.807) is 22.9 Å². The minimum absolute atomic E-state index is 0.0129. The zero-order valence-corrected chi connectivity index (χ0v) is 10.2. The smallest absolute Gasteiger partial charge is 0.271 e. The zero-order chi connectivity index (χ0) is 13.8. The number of nitrogens with zero attached hydrogens (tertiary/aromatic N) is 2. The minimum Gasteiger partial charge on any atom is -0.351 e. The van der Waals surface area contributed by atoms with Crippen molar-refractivity contribution >= 4 is 22.5 Å². The Morgan fingerprint density at radius 1 is 1.47 bits per heavy atom. The van der Waals surface area contributed by atoms with Gasteiger partial charge in [-0.1, -0.05) is 6.08 Å². The van der Waals surface area contributed by atoms with Gasteiger partial charge in [-0.15, -0.1) is 6.58 Å². The molecule has 19 heavy (non-hydrogen) atoms. The van der Waals surface area contributed by atoms with Gasteiger partial charge in [-0.05, 0) is 12.1 Å². The molecule has 6 nitrogen and oxygen atoms in total. The molecule has 0 atom stereocenters. The van der Waals surface area contributed by atoms with Gasteiger partial charge in [0.05, 0.1) is 10.4 Å². The number of aromatic nitrogens is 1. The molecule has 0 radical (unpaired) electrons. The van der Waals surface area contributed by atoms with Crippen LogP contribution in [0.2, 0.25) is 0 Å². The summed E-state index contributed by atoms with van der Waals surface area (Å²) in [7, 11) is 0. The van der Waals surface area contributed by atoms with Crippen LogP contribution in [0.4, 0.5) is 5.69 Å². The average Bonchev–Trinajstić information content (AvgIpc) is 2.78. The molecule has 2 rings (SSSR count). The second-order valence-corrected chi connectivity index (χ2v) is 4.04. The molecule has 6 heteroatoms. The van der Waals surface area contributed by atoms with Crippen molar-refractivity contribution in [1.82, 2.24) is 9.88 Å². The van der Waals surface area contributed by atoms with Gasteiger partial charge in [0.25, 0.3) is 5.69 Å². The predicted octanol–water partition coefficient (Wildman–Crippen LogP) is 1.85. The molecule has 1 aromatic heterocycles. The molecule has 2 aromatic rings. The first-order chi connectivity index (χ1) is 9.11. The molecule has 1 N–H and O–H groups in total. The molecule has 0 saturated heterocycles. The topological polar surface area (TPSA) is 77.2 Å². The van der Waals surface area contributed by atoms with E-state index >= 15 is 0 Å². The summed E-state index contributed by atoms with van der Waals surface area (Å²) < 4.78 is 1.68. The van der Waals surface area contributed by atoms with Crippen LogP contribution in [0.25, 0.3) is 10.9 Å². The number of non-ortho nitro benzene ring substituents is 1. The maximum absolute atomic E-state index is 11.6. The third-order valence-electron chi connectivity index (χ3n) is 2.73. The Morgan fingerprint density at radius 3 is 2.95 bits per heavy atom. The number of benzene rings is 1. The van der Waals surface area contributed by atoms with Crippen LogP contribution in [0.5, 0.6) is 0 Å². The number of hydrogen-bond acceptors (Lipinski definition) is 3. The van der Waals surface area contributed by atoms with Gasteiger partial charge in [0.2, 0.25) is 5.91 Å². The highest BCUT2D eigenvalue weighted by atomic mass is 16.6. The summed E-state index contributed by atoms with van der Waals surface area (Å²) in [5.41, 5.74) is 0.682. The van der Waals surface area contributed by atoms with Crippen LogP contribution in [-0.4, -0.2) is 21.9 Å². The molecule has 98 valence electrons.